The van der Waals surface area contributed by atoms with Gasteiger partial charge in [-0.25, -0.2) is 0 Å². The van der Waals surface area contributed by atoms with E-state index < -0.39 is 0 Å². The van der Waals surface area contributed by atoms with E-state index >= 15 is 0 Å². The topological polar surface area (TPSA) is 34.1 Å². The van der Waals surface area contributed by atoms with Crippen molar-refractivity contribution in [1.82, 2.24) is 0 Å². The summed E-state index contributed by atoms with van der Waals surface area (Å²) in [5, 5.41) is 0. The summed E-state index contributed by atoms with van der Waals surface area (Å²) in [6, 6.07) is 12.1. The highest BCUT2D eigenvalue weighted by Crippen LogP contribution is 2.36. The lowest BCUT2D eigenvalue weighted by Crippen LogP contribution is -2.18. The third-order valence-corrected chi connectivity index (χ3v) is 4.44. The summed E-state index contributed by atoms with van der Waals surface area (Å²) in [7, 11) is 3.41. The van der Waals surface area contributed by atoms with Gasteiger partial charge in [-0.15, -0.1) is 0 Å². The number of hydrogen-bond donors (Lipinski definition) is 0. The van der Waals surface area contributed by atoms with Crippen molar-refractivity contribution in [3.8, 4) is 11.5 Å². The number of ether oxygens (including phenoxy) is 2. The van der Waals surface area contributed by atoms with Crippen molar-refractivity contribution in [3.63, 3.8) is 0 Å². The van der Waals surface area contributed by atoms with Crippen molar-refractivity contribution in [1.29, 1.82) is 0 Å². The summed E-state index contributed by atoms with van der Waals surface area (Å²) in [4.78, 5) is 6.96. The molecule has 0 amide bonds. The molecule has 2 aromatic carbocycles. The second-order valence-corrected chi connectivity index (χ2v) is 6.00. The van der Waals surface area contributed by atoms with Crippen LogP contribution in [0.1, 0.15) is 24.0 Å². The van der Waals surface area contributed by atoms with E-state index in [0.717, 1.165) is 47.1 Å². The Morgan fingerprint density at radius 3 is 2.38 bits per heavy atom. The van der Waals surface area contributed by atoms with Crippen LogP contribution < -0.4 is 14.4 Å². The van der Waals surface area contributed by atoms with Crippen LogP contribution in [0, 0.1) is 6.92 Å². The number of methoxy groups -OCH3 is 2. The summed E-state index contributed by atoms with van der Waals surface area (Å²) in [5.41, 5.74) is 4.12. The molecule has 0 radical (unpaired) electrons. The van der Waals surface area contributed by atoms with Gasteiger partial charge in [0.1, 0.15) is 11.5 Å². The van der Waals surface area contributed by atoms with E-state index in [4.69, 9.17) is 9.47 Å². The average Bonchev–Trinajstić information content (AvgIpc) is 3.14. The van der Waals surface area contributed by atoms with Crippen LogP contribution in [-0.4, -0.2) is 33.5 Å². The van der Waals surface area contributed by atoms with Crippen LogP contribution in [0.5, 0.6) is 11.5 Å². The molecule has 2 aromatic rings. The Labute approximate surface area is 143 Å². The molecule has 0 aliphatic carbocycles. The fourth-order valence-corrected chi connectivity index (χ4v) is 3.06. The molecule has 0 N–H and O–H groups in total. The van der Waals surface area contributed by atoms with E-state index in [9.17, 15) is 0 Å². The fourth-order valence-electron chi connectivity index (χ4n) is 3.06. The van der Waals surface area contributed by atoms with Crippen LogP contribution in [0.25, 0.3) is 0 Å². The Balaban J connectivity index is 1.96. The number of aliphatic imine (C=N–C) groups is 1. The predicted molar refractivity (Wildman–Crippen MR) is 99.4 cm³/mol. The zero-order chi connectivity index (χ0) is 16.9. The predicted octanol–water partition coefficient (Wildman–Crippen LogP) is 4.36. The molecule has 0 unspecified atom stereocenters. The summed E-state index contributed by atoms with van der Waals surface area (Å²) in [5.74, 6) is 1.68. The maximum atomic E-state index is 5.61. The summed E-state index contributed by atoms with van der Waals surface area (Å²) < 4.78 is 11.2. The minimum absolute atomic E-state index is 0.815. The summed E-state index contributed by atoms with van der Waals surface area (Å²) in [6.45, 7) is 4.19. The van der Waals surface area contributed by atoms with Gasteiger partial charge in [-0.1, -0.05) is 18.2 Å². The Kier molecular flexibility index (Phi) is 5.04. The first kappa shape index (κ1) is 16.4. The number of nitrogens with zero attached hydrogens (tertiary/aromatic N) is 2. The average molecular weight is 324 g/mol. The summed E-state index contributed by atoms with van der Waals surface area (Å²) >= 11 is 0. The summed E-state index contributed by atoms with van der Waals surface area (Å²) in [6.07, 6.45) is 4.29. The third kappa shape index (κ3) is 3.37. The third-order valence-electron chi connectivity index (χ3n) is 4.44. The highest BCUT2D eigenvalue weighted by Gasteiger charge is 2.19. The lowest BCUT2D eigenvalue weighted by Gasteiger charge is -2.22. The molecule has 0 atom stereocenters. The molecule has 4 nitrogen and oxygen atoms in total. The van der Waals surface area contributed by atoms with E-state index in [1.165, 1.54) is 12.8 Å². The monoisotopic (exact) mass is 324 g/mol. The number of aryl methyl sites for hydroxylation is 1. The van der Waals surface area contributed by atoms with Crippen LogP contribution >= 0.6 is 0 Å². The van der Waals surface area contributed by atoms with Crippen molar-refractivity contribution in [2.45, 2.75) is 19.8 Å². The van der Waals surface area contributed by atoms with Crippen molar-refractivity contribution >= 4 is 17.6 Å². The maximum absolute atomic E-state index is 5.61. The molecule has 1 saturated heterocycles. The van der Waals surface area contributed by atoms with Crippen LogP contribution in [0.3, 0.4) is 0 Å². The molecular weight excluding hydrogens is 300 g/mol. The minimum atomic E-state index is 0.815. The molecule has 126 valence electrons. The molecule has 1 aliphatic rings. The smallest absolute Gasteiger partial charge is 0.143 e. The van der Waals surface area contributed by atoms with E-state index in [-0.39, 0.29) is 0 Å². The first-order valence-corrected chi connectivity index (χ1v) is 8.33. The van der Waals surface area contributed by atoms with Crippen LogP contribution in [-0.2, 0) is 0 Å². The molecule has 3 rings (SSSR count). The maximum Gasteiger partial charge on any atom is 0.143 e. The van der Waals surface area contributed by atoms with Gasteiger partial charge in [0, 0.05) is 30.9 Å². The largest absolute Gasteiger partial charge is 0.496 e. The Bertz CT molecular complexity index is 734. The van der Waals surface area contributed by atoms with E-state index in [0.29, 0.717) is 0 Å². The molecule has 0 saturated carbocycles. The minimum Gasteiger partial charge on any atom is -0.496 e. The standard InChI is InChI=1S/C20H24N2O2/c1-15-8-4-5-9-17(15)21-14-16-12-20(24-3)18(13-19(16)23-2)22-10-6-7-11-22/h4-5,8-9,12-14H,6-7,10-11H2,1-3H3. The molecule has 1 aliphatic heterocycles. The van der Waals surface area contributed by atoms with Gasteiger partial charge in [0.15, 0.2) is 0 Å². The molecule has 24 heavy (non-hydrogen) atoms. The van der Waals surface area contributed by atoms with Gasteiger partial charge in [0.25, 0.3) is 0 Å². The van der Waals surface area contributed by atoms with E-state index in [1.807, 2.05) is 30.5 Å². The van der Waals surface area contributed by atoms with Gasteiger partial charge >= 0.3 is 0 Å². The first-order valence-electron chi connectivity index (χ1n) is 8.33. The lowest BCUT2D eigenvalue weighted by atomic mass is 10.1. The zero-order valence-corrected chi connectivity index (χ0v) is 14.6. The molecule has 1 heterocycles. The quantitative estimate of drug-likeness (QED) is 0.766. The Morgan fingerprint density at radius 2 is 1.71 bits per heavy atom. The van der Waals surface area contributed by atoms with Gasteiger partial charge in [-0.3, -0.25) is 4.99 Å². The number of anilines is 1. The number of benzene rings is 2. The molecule has 0 bridgehead atoms. The first-order chi connectivity index (χ1) is 11.7. The Hall–Kier alpha value is -2.49. The van der Waals surface area contributed by atoms with Crippen LogP contribution in [0.2, 0.25) is 0 Å². The Morgan fingerprint density at radius 1 is 1.00 bits per heavy atom. The zero-order valence-electron chi connectivity index (χ0n) is 14.6. The second kappa shape index (κ2) is 7.39. The molecule has 4 heteroatoms. The number of hydrogen-bond acceptors (Lipinski definition) is 4. The van der Waals surface area contributed by atoms with Gasteiger partial charge in [0.2, 0.25) is 0 Å². The van der Waals surface area contributed by atoms with E-state index in [2.05, 4.69) is 28.9 Å². The molecule has 0 aromatic heterocycles. The van der Waals surface area contributed by atoms with Gasteiger partial charge in [0.05, 0.1) is 25.6 Å². The van der Waals surface area contributed by atoms with E-state index in [1.54, 1.807) is 14.2 Å². The fraction of sp³-hybridized carbons (Fsp3) is 0.350. The molecule has 1 fully saturated rings. The van der Waals surface area contributed by atoms with Crippen molar-refractivity contribution in [3.05, 3.63) is 47.5 Å². The van der Waals surface area contributed by atoms with Gasteiger partial charge < -0.3 is 14.4 Å². The second-order valence-electron chi connectivity index (χ2n) is 6.00. The van der Waals surface area contributed by atoms with Gasteiger partial charge in [-0.2, -0.15) is 0 Å². The molecule has 0 spiro atoms. The number of para-hydroxylation sites is 1. The SMILES string of the molecule is COc1cc(N2CCCC2)c(OC)cc1C=Nc1ccccc1C. The normalized spacial score (nSPS) is 14.4. The molecular formula is C20H24N2O2. The van der Waals surface area contributed by atoms with Crippen molar-refractivity contribution in [2.24, 2.45) is 4.99 Å². The van der Waals surface area contributed by atoms with Crippen LogP contribution in [0.4, 0.5) is 11.4 Å². The van der Waals surface area contributed by atoms with Gasteiger partial charge in [-0.05, 0) is 37.5 Å². The lowest BCUT2D eigenvalue weighted by molar-refractivity contribution is 0.402. The number of rotatable bonds is 5. The van der Waals surface area contributed by atoms with Crippen molar-refractivity contribution in [2.75, 3.05) is 32.2 Å². The highest BCUT2D eigenvalue weighted by atomic mass is 16.5. The highest BCUT2D eigenvalue weighted by molar-refractivity contribution is 5.88. The van der Waals surface area contributed by atoms with Crippen molar-refractivity contribution < 1.29 is 9.47 Å². The van der Waals surface area contributed by atoms with Crippen LogP contribution in [0.15, 0.2) is 41.4 Å².